The van der Waals surface area contributed by atoms with Crippen LogP contribution in [0.3, 0.4) is 0 Å². The normalized spacial score (nSPS) is 11.4. The minimum absolute atomic E-state index is 0.0735. The molecule has 0 aliphatic heterocycles. The van der Waals surface area contributed by atoms with Gasteiger partial charge in [-0.2, -0.15) is 0 Å². The average molecular weight is 242 g/mol. The Balaban J connectivity index is 3.35. The van der Waals surface area contributed by atoms with Gasteiger partial charge in [0.25, 0.3) is 0 Å². The molecule has 0 unspecified atom stereocenters. The number of Topliss-reactive ketones (excluding diaryl/α,β-unsaturated/α-hetero) is 1. The van der Waals surface area contributed by atoms with E-state index in [1.165, 1.54) is 18.2 Å². The van der Waals surface area contributed by atoms with Crippen molar-refractivity contribution in [3.63, 3.8) is 0 Å². The van der Waals surface area contributed by atoms with Gasteiger partial charge in [0.05, 0.1) is 4.90 Å². The molecule has 0 aliphatic rings. The summed E-state index contributed by atoms with van der Waals surface area (Å²) in [6, 6.07) is 4.01. The summed E-state index contributed by atoms with van der Waals surface area (Å²) < 4.78 is 22.5. The van der Waals surface area contributed by atoms with Gasteiger partial charge in [0.15, 0.2) is 5.78 Å². The number of carbonyl (C=O) groups is 1. The van der Waals surface area contributed by atoms with Gasteiger partial charge in [-0.25, -0.2) is 13.6 Å². The van der Waals surface area contributed by atoms with E-state index in [9.17, 15) is 13.2 Å². The Kier molecular flexibility index (Phi) is 3.66. The highest BCUT2D eigenvalue weighted by molar-refractivity contribution is 7.89. The summed E-state index contributed by atoms with van der Waals surface area (Å²) in [7, 11) is -3.89. The highest BCUT2D eigenvalue weighted by Crippen LogP contribution is 2.19. The minimum atomic E-state index is -3.89. The summed E-state index contributed by atoms with van der Waals surface area (Å²) in [5, 5.41) is 5.02. The largest absolute Gasteiger partial charge is 0.399 e. The summed E-state index contributed by atoms with van der Waals surface area (Å²) in [5.74, 6) is -0.265. The maximum atomic E-state index is 11.7. The number of nitrogen functional groups attached to an aromatic ring is 1. The highest BCUT2D eigenvalue weighted by atomic mass is 32.2. The lowest BCUT2D eigenvalue weighted by Crippen LogP contribution is -2.17. The molecule has 88 valence electrons. The van der Waals surface area contributed by atoms with Crippen molar-refractivity contribution in [2.45, 2.75) is 24.7 Å². The first kappa shape index (κ1) is 12.7. The molecule has 6 heteroatoms. The van der Waals surface area contributed by atoms with Gasteiger partial charge < -0.3 is 5.73 Å². The van der Waals surface area contributed by atoms with Crippen LogP contribution in [0.25, 0.3) is 0 Å². The summed E-state index contributed by atoms with van der Waals surface area (Å²) in [6.45, 7) is 1.83. The van der Waals surface area contributed by atoms with E-state index < -0.39 is 10.0 Å². The standard InChI is InChI=1S/C10H14N2O3S/c1-2-3-9(13)8-6-7(11)4-5-10(8)16(12,14)15/h4-6H,2-3,11H2,1H3,(H2,12,14,15). The van der Waals surface area contributed by atoms with Crippen molar-refractivity contribution in [2.75, 3.05) is 5.73 Å². The minimum Gasteiger partial charge on any atom is -0.399 e. The summed E-state index contributed by atoms with van der Waals surface area (Å²) in [4.78, 5) is 11.5. The second kappa shape index (κ2) is 4.63. The smallest absolute Gasteiger partial charge is 0.238 e. The number of primary sulfonamides is 1. The maximum absolute atomic E-state index is 11.7. The second-order valence-electron chi connectivity index (χ2n) is 3.47. The molecule has 0 aromatic heterocycles. The third kappa shape index (κ3) is 2.80. The molecule has 0 radical (unpaired) electrons. The number of hydrogen-bond acceptors (Lipinski definition) is 4. The molecule has 0 atom stereocenters. The molecule has 1 rings (SSSR count). The zero-order chi connectivity index (χ0) is 12.3. The Labute approximate surface area is 94.5 Å². The lowest BCUT2D eigenvalue weighted by molar-refractivity contribution is 0.0978. The summed E-state index contributed by atoms with van der Waals surface area (Å²) >= 11 is 0. The maximum Gasteiger partial charge on any atom is 0.238 e. The zero-order valence-electron chi connectivity index (χ0n) is 8.93. The number of ketones is 1. The Morgan fingerprint density at radius 2 is 2.00 bits per heavy atom. The number of nitrogens with two attached hydrogens (primary N) is 2. The van der Waals surface area contributed by atoms with Crippen molar-refractivity contribution in [2.24, 2.45) is 5.14 Å². The molecule has 0 saturated carbocycles. The fourth-order valence-electron chi connectivity index (χ4n) is 1.38. The predicted octanol–water partition coefficient (Wildman–Crippen LogP) is 0.899. The van der Waals surface area contributed by atoms with Crippen molar-refractivity contribution in [3.8, 4) is 0 Å². The molecule has 0 heterocycles. The molecule has 0 amide bonds. The quantitative estimate of drug-likeness (QED) is 0.604. The second-order valence-corrected chi connectivity index (χ2v) is 5.00. The molecule has 0 spiro atoms. The van der Waals surface area contributed by atoms with Gasteiger partial charge >= 0.3 is 0 Å². The topological polar surface area (TPSA) is 103 Å². The third-order valence-corrected chi connectivity index (χ3v) is 3.06. The third-order valence-electron chi connectivity index (χ3n) is 2.09. The molecule has 1 aromatic rings. The Morgan fingerprint density at radius 3 is 2.50 bits per heavy atom. The van der Waals surface area contributed by atoms with Crippen LogP contribution in [0, 0.1) is 0 Å². The average Bonchev–Trinajstić information content (AvgIpc) is 2.16. The Hall–Kier alpha value is -1.40. The van der Waals surface area contributed by atoms with Gasteiger partial charge in [-0.3, -0.25) is 4.79 Å². The van der Waals surface area contributed by atoms with E-state index in [1.54, 1.807) is 0 Å². The van der Waals surface area contributed by atoms with E-state index in [-0.39, 0.29) is 22.7 Å². The van der Waals surface area contributed by atoms with Crippen LogP contribution in [0.4, 0.5) is 5.69 Å². The fraction of sp³-hybridized carbons (Fsp3) is 0.300. The molecule has 0 saturated heterocycles. The molecule has 0 bridgehead atoms. The molecule has 0 fully saturated rings. The first-order valence-corrected chi connectivity index (χ1v) is 6.36. The van der Waals surface area contributed by atoms with Crippen LogP contribution >= 0.6 is 0 Å². The van der Waals surface area contributed by atoms with E-state index >= 15 is 0 Å². The zero-order valence-corrected chi connectivity index (χ0v) is 9.75. The van der Waals surface area contributed by atoms with Crippen LogP contribution in [-0.2, 0) is 10.0 Å². The number of sulfonamides is 1. The lowest BCUT2D eigenvalue weighted by atomic mass is 10.1. The van der Waals surface area contributed by atoms with E-state index in [4.69, 9.17) is 10.9 Å². The molecule has 5 nitrogen and oxygen atoms in total. The Morgan fingerprint density at radius 1 is 1.38 bits per heavy atom. The van der Waals surface area contributed by atoms with Gasteiger partial charge in [0, 0.05) is 17.7 Å². The van der Waals surface area contributed by atoms with Gasteiger partial charge in [-0.1, -0.05) is 6.92 Å². The van der Waals surface area contributed by atoms with Crippen LogP contribution < -0.4 is 10.9 Å². The highest BCUT2D eigenvalue weighted by Gasteiger charge is 2.18. The molecule has 1 aromatic carbocycles. The van der Waals surface area contributed by atoms with E-state index in [0.29, 0.717) is 12.1 Å². The first-order chi connectivity index (χ1) is 7.36. The van der Waals surface area contributed by atoms with Crippen LogP contribution in [0.15, 0.2) is 23.1 Å². The van der Waals surface area contributed by atoms with Crippen molar-refractivity contribution < 1.29 is 13.2 Å². The van der Waals surface area contributed by atoms with Crippen molar-refractivity contribution in [1.29, 1.82) is 0 Å². The van der Waals surface area contributed by atoms with Gasteiger partial charge in [-0.05, 0) is 24.6 Å². The van der Waals surface area contributed by atoms with Crippen LogP contribution in [0.5, 0.6) is 0 Å². The molecule has 0 aliphatic carbocycles. The summed E-state index contributed by atoms with van der Waals surface area (Å²) in [5.41, 5.74) is 5.93. The van der Waals surface area contributed by atoms with Crippen molar-refractivity contribution in [3.05, 3.63) is 23.8 Å². The number of anilines is 1. The van der Waals surface area contributed by atoms with Gasteiger partial charge in [-0.15, -0.1) is 0 Å². The SMILES string of the molecule is CCCC(=O)c1cc(N)ccc1S(N)(=O)=O. The van der Waals surface area contributed by atoms with E-state index in [2.05, 4.69) is 0 Å². The fourth-order valence-corrected chi connectivity index (χ4v) is 2.11. The van der Waals surface area contributed by atoms with Crippen molar-refractivity contribution >= 4 is 21.5 Å². The van der Waals surface area contributed by atoms with Crippen LogP contribution in [0.2, 0.25) is 0 Å². The molecular formula is C10H14N2O3S. The molecule has 16 heavy (non-hydrogen) atoms. The lowest BCUT2D eigenvalue weighted by Gasteiger charge is -2.07. The first-order valence-electron chi connectivity index (χ1n) is 4.81. The van der Waals surface area contributed by atoms with Crippen LogP contribution in [-0.4, -0.2) is 14.2 Å². The monoisotopic (exact) mass is 242 g/mol. The van der Waals surface area contributed by atoms with E-state index in [1.807, 2.05) is 6.92 Å². The predicted molar refractivity (Wildman–Crippen MR) is 61.5 cm³/mol. The number of benzene rings is 1. The molecular weight excluding hydrogens is 228 g/mol. The Bertz CT molecular complexity index is 509. The summed E-state index contributed by atoms with van der Waals surface area (Å²) in [6.07, 6.45) is 0.906. The van der Waals surface area contributed by atoms with Crippen LogP contribution in [0.1, 0.15) is 30.1 Å². The number of rotatable bonds is 4. The number of hydrogen-bond donors (Lipinski definition) is 2. The van der Waals surface area contributed by atoms with Gasteiger partial charge in [0.2, 0.25) is 10.0 Å². The number of carbonyl (C=O) groups excluding carboxylic acids is 1. The van der Waals surface area contributed by atoms with E-state index in [0.717, 1.165) is 0 Å². The van der Waals surface area contributed by atoms with Crippen molar-refractivity contribution in [1.82, 2.24) is 0 Å². The molecule has 4 N–H and O–H groups in total. The van der Waals surface area contributed by atoms with Gasteiger partial charge in [0.1, 0.15) is 0 Å².